The molecule has 4 nitrogen and oxygen atoms in total. The standard InChI is InChI=1S/C14H18ClNO3S/c1-19-13-5-4-11(15)8-14(13)20(17,18)16-12-7-9-2-3-10(12)6-9/h4-5,8-10,12,16H,2-3,6-7H2,1H3/t9-,10-,12-/m0/s1. The first kappa shape index (κ1) is 14.2. The maximum atomic E-state index is 12.5. The van der Waals surface area contributed by atoms with Crippen LogP contribution >= 0.6 is 11.6 Å². The van der Waals surface area contributed by atoms with Gasteiger partial charge in [0.25, 0.3) is 0 Å². The molecule has 3 atom stereocenters. The maximum absolute atomic E-state index is 12.5. The molecule has 0 saturated heterocycles. The second-order valence-corrected chi connectivity index (χ2v) is 7.82. The molecule has 1 aromatic carbocycles. The Morgan fingerprint density at radius 1 is 1.30 bits per heavy atom. The minimum Gasteiger partial charge on any atom is -0.495 e. The first-order valence-corrected chi connectivity index (χ1v) is 8.71. The lowest BCUT2D eigenvalue weighted by Gasteiger charge is -2.23. The van der Waals surface area contributed by atoms with Crippen LogP contribution in [0.3, 0.4) is 0 Å². The summed E-state index contributed by atoms with van der Waals surface area (Å²) in [5.74, 6) is 1.50. The fourth-order valence-corrected chi connectivity index (χ4v) is 5.26. The van der Waals surface area contributed by atoms with Gasteiger partial charge in [-0.2, -0.15) is 0 Å². The van der Waals surface area contributed by atoms with Crippen molar-refractivity contribution in [2.24, 2.45) is 11.8 Å². The highest BCUT2D eigenvalue weighted by Crippen LogP contribution is 2.45. The van der Waals surface area contributed by atoms with Crippen LogP contribution in [0.5, 0.6) is 5.75 Å². The summed E-state index contributed by atoms with van der Waals surface area (Å²) in [6.07, 6.45) is 4.47. The highest BCUT2D eigenvalue weighted by Gasteiger charge is 2.41. The van der Waals surface area contributed by atoms with Gasteiger partial charge in [-0.05, 0) is 49.3 Å². The quantitative estimate of drug-likeness (QED) is 0.929. The molecule has 0 aromatic heterocycles. The van der Waals surface area contributed by atoms with Gasteiger partial charge < -0.3 is 4.74 Å². The average Bonchev–Trinajstić information content (AvgIpc) is 3.00. The van der Waals surface area contributed by atoms with Crippen LogP contribution in [-0.4, -0.2) is 21.6 Å². The fourth-order valence-electron chi connectivity index (χ4n) is 3.51. The Balaban J connectivity index is 1.86. The van der Waals surface area contributed by atoms with E-state index in [1.54, 1.807) is 12.1 Å². The predicted molar refractivity (Wildman–Crippen MR) is 77.6 cm³/mol. The number of halogens is 1. The molecule has 6 heteroatoms. The number of benzene rings is 1. The number of methoxy groups -OCH3 is 1. The van der Waals surface area contributed by atoms with E-state index in [0.717, 1.165) is 19.3 Å². The summed E-state index contributed by atoms with van der Waals surface area (Å²) in [4.78, 5) is 0.121. The lowest BCUT2D eigenvalue weighted by Crippen LogP contribution is -2.38. The summed E-state index contributed by atoms with van der Waals surface area (Å²) < 4.78 is 33.1. The normalized spacial score (nSPS) is 28.8. The summed E-state index contributed by atoms with van der Waals surface area (Å²) >= 11 is 5.91. The molecule has 0 unspecified atom stereocenters. The molecule has 0 heterocycles. The summed E-state index contributed by atoms with van der Waals surface area (Å²) in [5.41, 5.74) is 0. The van der Waals surface area contributed by atoms with Crippen molar-refractivity contribution in [2.75, 3.05) is 7.11 Å². The smallest absolute Gasteiger partial charge is 0.244 e. The van der Waals surface area contributed by atoms with Gasteiger partial charge in [-0.1, -0.05) is 18.0 Å². The van der Waals surface area contributed by atoms with E-state index in [2.05, 4.69) is 4.72 Å². The molecule has 2 fully saturated rings. The average molecular weight is 316 g/mol. The van der Waals surface area contributed by atoms with E-state index in [-0.39, 0.29) is 10.9 Å². The number of ether oxygens (including phenoxy) is 1. The van der Waals surface area contributed by atoms with E-state index < -0.39 is 10.0 Å². The predicted octanol–water partition coefficient (Wildman–Crippen LogP) is 2.82. The van der Waals surface area contributed by atoms with Gasteiger partial charge in [0.1, 0.15) is 10.6 Å². The third-order valence-corrected chi connectivity index (χ3v) is 6.21. The van der Waals surface area contributed by atoms with E-state index >= 15 is 0 Å². The Morgan fingerprint density at radius 3 is 2.70 bits per heavy atom. The number of hydrogen-bond acceptors (Lipinski definition) is 3. The molecule has 2 aliphatic rings. The highest BCUT2D eigenvalue weighted by molar-refractivity contribution is 7.89. The molecular weight excluding hydrogens is 298 g/mol. The van der Waals surface area contributed by atoms with Gasteiger partial charge >= 0.3 is 0 Å². The van der Waals surface area contributed by atoms with Gasteiger partial charge in [-0.15, -0.1) is 0 Å². The molecule has 0 amide bonds. The summed E-state index contributed by atoms with van der Waals surface area (Å²) in [7, 11) is -2.13. The minimum absolute atomic E-state index is 0.0578. The Kier molecular flexibility index (Phi) is 3.69. The van der Waals surface area contributed by atoms with E-state index in [1.165, 1.54) is 19.6 Å². The van der Waals surface area contributed by atoms with E-state index in [9.17, 15) is 8.42 Å². The van der Waals surface area contributed by atoms with Crippen molar-refractivity contribution < 1.29 is 13.2 Å². The second kappa shape index (κ2) is 5.20. The largest absolute Gasteiger partial charge is 0.495 e. The number of nitrogens with one attached hydrogen (secondary N) is 1. The van der Waals surface area contributed by atoms with E-state index in [4.69, 9.17) is 16.3 Å². The van der Waals surface area contributed by atoms with Crippen molar-refractivity contribution >= 4 is 21.6 Å². The SMILES string of the molecule is COc1ccc(Cl)cc1S(=O)(=O)N[C@H]1C[C@H]2CC[C@H]1C2. The van der Waals surface area contributed by atoms with Gasteiger partial charge in [0.15, 0.2) is 0 Å². The lowest BCUT2D eigenvalue weighted by molar-refractivity contribution is 0.385. The Morgan fingerprint density at radius 2 is 2.10 bits per heavy atom. The van der Waals surface area contributed by atoms with Crippen LogP contribution in [0.15, 0.2) is 23.1 Å². The van der Waals surface area contributed by atoms with Crippen molar-refractivity contribution in [3.63, 3.8) is 0 Å². The Hall–Kier alpha value is -0.780. The van der Waals surface area contributed by atoms with E-state index in [0.29, 0.717) is 22.6 Å². The zero-order valence-electron chi connectivity index (χ0n) is 11.3. The van der Waals surface area contributed by atoms with Gasteiger partial charge in [-0.3, -0.25) is 0 Å². The van der Waals surface area contributed by atoms with Gasteiger partial charge in [-0.25, -0.2) is 13.1 Å². The number of fused-ring (bicyclic) bond motifs is 2. The van der Waals surface area contributed by atoms with Gasteiger partial charge in [0, 0.05) is 11.1 Å². The molecular formula is C14H18ClNO3S. The van der Waals surface area contributed by atoms with Gasteiger partial charge in [0.2, 0.25) is 10.0 Å². The van der Waals surface area contributed by atoms with Gasteiger partial charge in [0.05, 0.1) is 7.11 Å². The second-order valence-electron chi connectivity index (χ2n) is 5.70. The molecule has 0 aliphatic heterocycles. The molecule has 0 radical (unpaired) electrons. The van der Waals surface area contributed by atoms with Crippen LogP contribution in [0.25, 0.3) is 0 Å². The van der Waals surface area contributed by atoms with Crippen molar-refractivity contribution in [2.45, 2.75) is 36.6 Å². The topological polar surface area (TPSA) is 55.4 Å². The molecule has 1 aromatic rings. The number of hydrogen-bond donors (Lipinski definition) is 1. The molecule has 20 heavy (non-hydrogen) atoms. The number of rotatable bonds is 4. The molecule has 2 aliphatic carbocycles. The monoisotopic (exact) mass is 315 g/mol. The summed E-state index contributed by atoms with van der Waals surface area (Å²) in [6.45, 7) is 0. The highest BCUT2D eigenvalue weighted by atomic mass is 35.5. The molecule has 0 spiro atoms. The molecule has 1 N–H and O–H groups in total. The zero-order valence-corrected chi connectivity index (χ0v) is 12.9. The van der Waals surface area contributed by atoms with E-state index in [1.807, 2.05) is 0 Å². The van der Waals surface area contributed by atoms with Crippen molar-refractivity contribution in [3.05, 3.63) is 23.2 Å². The van der Waals surface area contributed by atoms with Crippen molar-refractivity contribution in [1.82, 2.24) is 4.72 Å². The maximum Gasteiger partial charge on any atom is 0.244 e. The van der Waals surface area contributed by atoms with Crippen LogP contribution in [0, 0.1) is 11.8 Å². The summed E-state index contributed by atoms with van der Waals surface area (Å²) in [6, 6.07) is 4.70. The number of sulfonamides is 1. The van der Waals surface area contributed by atoms with Crippen LogP contribution in [0.4, 0.5) is 0 Å². The first-order chi connectivity index (χ1) is 9.49. The van der Waals surface area contributed by atoms with Crippen molar-refractivity contribution in [1.29, 1.82) is 0 Å². The molecule has 2 bridgehead atoms. The minimum atomic E-state index is -3.59. The summed E-state index contributed by atoms with van der Waals surface area (Å²) in [5, 5.41) is 0.388. The van der Waals surface area contributed by atoms with Crippen LogP contribution in [0.1, 0.15) is 25.7 Å². The lowest BCUT2D eigenvalue weighted by atomic mass is 9.96. The van der Waals surface area contributed by atoms with Crippen LogP contribution in [0.2, 0.25) is 5.02 Å². The van der Waals surface area contributed by atoms with Crippen molar-refractivity contribution in [3.8, 4) is 5.75 Å². The fraction of sp³-hybridized carbons (Fsp3) is 0.571. The zero-order chi connectivity index (χ0) is 14.3. The molecule has 2 saturated carbocycles. The van der Waals surface area contributed by atoms with Crippen LogP contribution < -0.4 is 9.46 Å². The first-order valence-electron chi connectivity index (χ1n) is 6.85. The third-order valence-electron chi connectivity index (χ3n) is 4.46. The Bertz CT molecular complexity index is 617. The molecule has 110 valence electrons. The Labute approximate surface area is 124 Å². The third kappa shape index (κ3) is 2.54. The molecule has 3 rings (SSSR count). The van der Waals surface area contributed by atoms with Crippen LogP contribution in [-0.2, 0) is 10.0 Å².